The minimum atomic E-state index is -4.08. The van der Waals surface area contributed by atoms with E-state index in [4.69, 9.17) is 21.1 Å². The van der Waals surface area contributed by atoms with Gasteiger partial charge in [-0.15, -0.1) is 0 Å². The molecule has 2 aromatic carbocycles. The van der Waals surface area contributed by atoms with Crippen LogP contribution in [0.1, 0.15) is 10.4 Å². The van der Waals surface area contributed by atoms with E-state index in [0.29, 0.717) is 36.0 Å². The van der Waals surface area contributed by atoms with Gasteiger partial charge in [0.05, 0.1) is 44.0 Å². The normalized spacial score (nSPS) is 14.5. The molecule has 0 aliphatic carbocycles. The Morgan fingerprint density at radius 2 is 1.97 bits per heavy atom. The van der Waals surface area contributed by atoms with Crippen molar-refractivity contribution in [3.8, 4) is 5.75 Å². The quantitative estimate of drug-likeness (QED) is 0.389. The van der Waals surface area contributed by atoms with Crippen LogP contribution < -0.4 is 24.7 Å². The molecule has 10 nitrogen and oxygen atoms in total. The fraction of sp³-hybridized carbons (Fsp3) is 0.333. The van der Waals surface area contributed by atoms with Crippen molar-refractivity contribution < 1.29 is 27.6 Å². The van der Waals surface area contributed by atoms with Gasteiger partial charge in [0.15, 0.2) is 0 Å². The van der Waals surface area contributed by atoms with Crippen LogP contribution in [0.3, 0.4) is 0 Å². The largest absolute Gasteiger partial charge is 0.495 e. The first kappa shape index (κ1) is 26.0. The van der Waals surface area contributed by atoms with E-state index in [1.807, 2.05) is 0 Å². The number of carbonyl (C=O) groups is 1. The molecule has 1 amide bonds. The Kier molecular flexibility index (Phi) is 7.84. The molecular weight excluding hydrogens is 508 g/mol. The van der Waals surface area contributed by atoms with E-state index >= 15 is 0 Å². The number of amides is 1. The molecule has 1 aliphatic rings. The summed E-state index contributed by atoms with van der Waals surface area (Å²) in [6, 6.07) is 8.80. The minimum absolute atomic E-state index is 0.0844. The van der Waals surface area contributed by atoms with Crippen molar-refractivity contribution in [3.05, 3.63) is 63.4 Å². The van der Waals surface area contributed by atoms with Crippen LogP contribution >= 0.6 is 11.6 Å². The summed E-state index contributed by atoms with van der Waals surface area (Å²) in [5.74, 6) is -0.193. The Morgan fingerprint density at radius 1 is 1.22 bits per heavy atom. The molecule has 1 aromatic heterocycles. The fourth-order valence-corrected chi connectivity index (χ4v) is 5.47. The minimum Gasteiger partial charge on any atom is -0.495 e. The maximum Gasteiger partial charge on any atom is 0.264 e. The van der Waals surface area contributed by atoms with Crippen LogP contribution in [0.5, 0.6) is 5.75 Å². The van der Waals surface area contributed by atoms with Gasteiger partial charge in [-0.2, -0.15) is 0 Å². The molecule has 36 heavy (non-hydrogen) atoms. The molecule has 4 rings (SSSR count). The Balaban J connectivity index is 1.60. The highest BCUT2D eigenvalue weighted by Crippen LogP contribution is 2.34. The summed E-state index contributed by atoms with van der Waals surface area (Å²) in [5.41, 5.74) is 0.0182. The second-order valence-electron chi connectivity index (χ2n) is 8.40. The third-order valence-corrected chi connectivity index (χ3v) is 8.20. The van der Waals surface area contributed by atoms with Gasteiger partial charge >= 0.3 is 0 Å². The number of morpholine rings is 1. The van der Waals surface area contributed by atoms with E-state index < -0.39 is 21.4 Å². The van der Waals surface area contributed by atoms with Crippen LogP contribution in [0, 0.1) is 0 Å². The number of aromatic amines is 1. The van der Waals surface area contributed by atoms with Crippen molar-refractivity contribution in [3.63, 3.8) is 0 Å². The average Bonchev–Trinajstić information content (AvgIpc) is 2.88. The number of hydrogen-bond acceptors (Lipinski definition) is 6. The average molecular weight is 536 g/mol. The number of rotatable bonds is 8. The lowest BCUT2D eigenvalue weighted by molar-refractivity contribution is -0.906. The molecule has 1 saturated heterocycles. The first-order chi connectivity index (χ1) is 17.2. The summed E-state index contributed by atoms with van der Waals surface area (Å²) in [4.78, 5) is 30.0. The summed E-state index contributed by atoms with van der Waals surface area (Å²) in [7, 11) is -1.28. The van der Waals surface area contributed by atoms with E-state index in [-0.39, 0.29) is 21.5 Å². The Labute approximate surface area is 213 Å². The number of sulfonamides is 1. The van der Waals surface area contributed by atoms with Crippen molar-refractivity contribution in [1.29, 1.82) is 0 Å². The summed E-state index contributed by atoms with van der Waals surface area (Å²) in [6.45, 7) is 4.27. The van der Waals surface area contributed by atoms with Gasteiger partial charge in [-0.25, -0.2) is 8.42 Å². The number of aromatic nitrogens is 1. The molecule has 0 radical (unpaired) electrons. The number of anilines is 1. The number of H-pyrrole nitrogens is 1. The van der Waals surface area contributed by atoms with Crippen LogP contribution in [-0.2, 0) is 14.8 Å². The lowest BCUT2D eigenvalue weighted by Gasteiger charge is -2.23. The van der Waals surface area contributed by atoms with Gasteiger partial charge in [-0.05, 0) is 36.4 Å². The highest BCUT2D eigenvalue weighted by atomic mass is 35.5. The van der Waals surface area contributed by atoms with Crippen molar-refractivity contribution in [1.82, 2.24) is 10.3 Å². The Morgan fingerprint density at radius 3 is 2.69 bits per heavy atom. The summed E-state index contributed by atoms with van der Waals surface area (Å²) >= 11 is 6.07. The van der Waals surface area contributed by atoms with Crippen molar-refractivity contribution in [2.24, 2.45) is 0 Å². The number of fused-ring (bicyclic) bond motifs is 1. The monoisotopic (exact) mass is 535 g/mol. The third kappa shape index (κ3) is 5.34. The smallest absolute Gasteiger partial charge is 0.264 e. The highest BCUT2D eigenvalue weighted by Gasteiger charge is 2.25. The Bertz CT molecular complexity index is 1440. The predicted octanol–water partition coefficient (Wildman–Crippen LogP) is 0.660. The van der Waals surface area contributed by atoms with Gasteiger partial charge in [0.1, 0.15) is 24.4 Å². The summed E-state index contributed by atoms with van der Waals surface area (Å²) in [6.07, 6.45) is 1.35. The zero-order valence-electron chi connectivity index (χ0n) is 20.0. The number of benzene rings is 2. The van der Waals surface area contributed by atoms with Crippen LogP contribution in [-0.4, -0.2) is 72.9 Å². The van der Waals surface area contributed by atoms with Gasteiger partial charge < -0.3 is 24.7 Å². The van der Waals surface area contributed by atoms with E-state index in [9.17, 15) is 18.0 Å². The number of ether oxygens (including phenoxy) is 2. The van der Waals surface area contributed by atoms with E-state index in [0.717, 1.165) is 23.9 Å². The number of halogens is 1. The van der Waals surface area contributed by atoms with Crippen LogP contribution in [0.25, 0.3) is 10.9 Å². The SMILES string of the molecule is COc1ccc(Cl)cc1N(C)S(=O)(=O)c1ccc2[nH]cc(C(=O)NCC[NH+]3CCOCC3)c(=O)c2c1. The Hall–Kier alpha value is -3.12. The predicted molar refractivity (Wildman–Crippen MR) is 137 cm³/mol. The molecular formula is C24H28ClN4O6S+. The maximum atomic E-state index is 13.4. The van der Waals surface area contributed by atoms with Crippen molar-refractivity contribution in [2.45, 2.75) is 4.90 Å². The molecule has 192 valence electrons. The first-order valence-electron chi connectivity index (χ1n) is 11.4. The standard InChI is InChI=1S/C24H27ClN4O6S/c1-28(21-13-16(25)3-6-22(21)34-2)36(32,33)17-4-5-20-18(14-17)23(30)19(15-27-20)24(31)26-7-8-29-9-11-35-12-10-29/h3-6,13-15H,7-12H2,1-2H3,(H,26,31)(H,27,30)/p+1. The van der Waals surface area contributed by atoms with Gasteiger partial charge in [-0.1, -0.05) is 11.6 Å². The zero-order valence-corrected chi connectivity index (χ0v) is 21.5. The first-order valence-corrected chi connectivity index (χ1v) is 13.2. The maximum absolute atomic E-state index is 13.4. The van der Waals surface area contributed by atoms with Crippen molar-refractivity contribution in [2.75, 3.05) is 57.9 Å². The fourth-order valence-electron chi connectivity index (χ4n) is 4.08. The lowest BCUT2D eigenvalue weighted by Crippen LogP contribution is -3.14. The van der Waals surface area contributed by atoms with Crippen LogP contribution in [0.15, 0.2) is 52.3 Å². The van der Waals surface area contributed by atoms with Gasteiger partial charge in [0.25, 0.3) is 15.9 Å². The molecule has 2 heterocycles. The highest BCUT2D eigenvalue weighted by molar-refractivity contribution is 7.92. The van der Waals surface area contributed by atoms with E-state index in [2.05, 4.69) is 10.3 Å². The molecule has 0 saturated carbocycles. The van der Waals surface area contributed by atoms with Crippen LogP contribution in [0.2, 0.25) is 5.02 Å². The second kappa shape index (κ2) is 10.9. The number of hydrogen-bond donors (Lipinski definition) is 3. The molecule has 0 atom stereocenters. The number of nitrogens with one attached hydrogen (secondary N) is 3. The molecule has 0 spiro atoms. The number of methoxy groups -OCH3 is 1. The van der Waals surface area contributed by atoms with E-state index in [1.54, 1.807) is 12.1 Å². The third-order valence-electron chi connectivity index (χ3n) is 6.20. The molecule has 3 aromatic rings. The van der Waals surface area contributed by atoms with Crippen LogP contribution in [0.4, 0.5) is 5.69 Å². The molecule has 12 heteroatoms. The van der Waals surface area contributed by atoms with Gasteiger partial charge in [0, 0.05) is 29.2 Å². The molecule has 1 fully saturated rings. The number of carbonyl (C=O) groups excluding carboxylic acids is 1. The van der Waals surface area contributed by atoms with Gasteiger partial charge in [-0.3, -0.25) is 13.9 Å². The van der Waals surface area contributed by atoms with Crippen molar-refractivity contribution >= 4 is 44.1 Å². The lowest BCUT2D eigenvalue weighted by atomic mass is 10.1. The second-order valence-corrected chi connectivity index (χ2v) is 10.8. The topological polar surface area (TPSA) is 122 Å². The summed E-state index contributed by atoms with van der Waals surface area (Å²) in [5, 5.41) is 3.21. The number of pyridine rings is 1. The van der Waals surface area contributed by atoms with Gasteiger partial charge in [0.2, 0.25) is 5.43 Å². The molecule has 3 N–H and O–H groups in total. The zero-order chi connectivity index (χ0) is 25.9. The summed E-state index contributed by atoms with van der Waals surface area (Å²) < 4.78 is 38.5. The molecule has 0 bridgehead atoms. The van der Waals surface area contributed by atoms with E-state index in [1.165, 1.54) is 49.5 Å². The number of quaternary nitrogens is 1. The molecule has 1 aliphatic heterocycles. The number of nitrogens with zero attached hydrogens (tertiary/aromatic N) is 1. The molecule has 0 unspecified atom stereocenters.